The molecule has 0 spiro atoms. The molecule has 2 atom stereocenters. The Labute approximate surface area is 213 Å². The van der Waals surface area contributed by atoms with Gasteiger partial charge in [-0.3, -0.25) is 15.1 Å². The Morgan fingerprint density at radius 3 is 2.61 bits per heavy atom. The number of nitro groups is 1. The number of anilines is 1. The number of methoxy groups -OCH3 is 1. The number of rotatable bonds is 6. The maximum Gasteiger partial charge on any atom is 0.273 e. The second-order valence-corrected chi connectivity index (χ2v) is 9.00. The molecule has 0 unspecified atom stereocenters. The molecule has 0 saturated carbocycles. The van der Waals surface area contributed by atoms with E-state index in [1.54, 1.807) is 12.3 Å². The molecule has 9 heteroatoms. The summed E-state index contributed by atoms with van der Waals surface area (Å²) in [5.74, 6) is 1.57. The summed E-state index contributed by atoms with van der Waals surface area (Å²) < 4.78 is 11.8. The highest BCUT2D eigenvalue weighted by Crippen LogP contribution is 2.44. The van der Waals surface area contributed by atoms with Gasteiger partial charge in [-0.25, -0.2) is 0 Å². The molecule has 3 heterocycles. The van der Waals surface area contributed by atoms with Crippen LogP contribution in [0.25, 0.3) is 11.3 Å². The van der Waals surface area contributed by atoms with Crippen LogP contribution in [0.5, 0.6) is 5.75 Å². The second kappa shape index (κ2) is 9.43. The zero-order valence-electron chi connectivity index (χ0n) is 20.0. The molecule has 1 N–H and O–H groups in total. The van der Waals surface area contributed by atoms with Crippen molar-refractivity contribution in [3.63, 3.8) is 0 Å². The number of aryl methyl sites for hydroxylation is 2. The first-order chi connectivity index (χ1) is 17.4. The molecule has 1 saturated heterocycles. The van der Waals surface area contributed by atoms with E-state index < -0.39 is 4.92 Å². The number of nitrogens with one attached hydrogen (secondary N) is 1. The lowest BCUT2D eigenvalue weighted by Crippen LogP contribution is -2.29. The van der Waals surface area contributed by atoms with Crippen molar-refractivity contribution >= 4 is 28.7 Å². The molecule has 36 heavy (non-hydrogen) atoms. The topological polar surface area (TPSA) is 93.7 Å². The number of benzene rings is 2. The molecule has 0 radical (unpaired) electrons. The standard InChI is InChI=1S/C27H24N4O4S/c1-16-7-8-18(14-17(16)2)30-26(25(29-27(30)36)21-6-4-5-13-28-21)23-12-11-22(35-23)20-10-9-19(31(32)33)15-24(20)34-3/h4-15,25-26H,1-3H3,(H,29,36)/t25-,26+/m0/s1. The van der Waals surface area contributed by atoms with Crippen molar-refractivity contribution in [2.75, 3.05) is 12.0 Å². The van der Waals surface area contributed by atoms with E-state index in [-0.39, 0.29) is 17.8 Å². The molecule has 0 aliphatic carbocycles. The van der Waals surface area contributed by atoms with Gasteiger partial charge in [0.25, 0.3) is 5.69 Å². The van der Waals surface area contributed by atoms with E-state index in [0.717, 1.165) is 16.9 Å². The number of nitrogens with zero attached hydrogens (tertiary/aromatic N) is 3. The summed E-state index contributed by atoms with van der Waals surface area (Å²) in [6.45, 7) is 4.15. The van der Waals surface area contributed by atoms with Crippen molar-refractivity contribution in [1.82, 2.24) is 10.3 Å². The molecule has 2 aromatic carbocycles. The molecular weight excluding hydrogens is 476 g/mol. The van der Waals surface area contributed by atoms with Crippen molar-refractivity contribution in [3.05, 3.63) is 106 Å². The van der Waals surface area contributed by atoms with Gasteiger partial charge in [0, 0.05) is 18.0 Å². The van der Waals surface area contributed by atoms with Gasteiger partial charge in [-0.2, -0.15) is 0 Å². The molecular formula is C27H24N4O4S. The lowest BCUT2D eigenvalue weighted by molar-refractivity contribution is -0.384. The average Bonchev–Trinajstić information content (AvgIpc) is 3.50. The van der Waals surface area contributed by atoms with E-state index in [1.807, 2.05) is 36.4 Å². The van der Waals surface area contributed by atoms with Crippen molar-refractivity contribution in [2.24, 2.45) is 0 Å². The molecule has 0 amide bonds. The Balaban J connectivity index is 1.60. The van der Waals surface area contributed by atoms with Crippen molar-refractivity contribution in [1.29, 1.82) is 0 Å². The van der Waals surface area contributed by atoms with Crippen LogP contribution in [-0.2, 0) is 0 Å². The molecule has 2 aromatic heterocycles. The minimum absolute atomic E-state index is 0.0520. The normalized spacial score (nSPS) is 17.2. The molecule has 1 aliphatic rings. The third-order valence-corrected chi connectivity index (χ3v) is 6.76. The van der Waals surface area contributed by atoms with E-state index in [1.165, 1.54) is 24.8 Å². The number of hydrogen-bond acceptors (Lipinski definition) is 6. The predicted octanol–water partition coefficient (Wildman–Crippen LogP) is 6.05. The van der Waals surface area contributed by atoms with Gasteiger partial charge in [-0.15, -0.1) is 0 Å². The zero-order chi connectivity index (χ0) is 25.4. The molecule has 4 aromatic rings. The SMILES string of the molecule is COc1cc([N+](=O)[O-])ccc1-c1ccc([C@@H]2[C@H](c3ccccn3)NC(=S)N2c2ccc(C)c(C)c2)o1. The van der Waals surface area contributed by atoms with Gasteiger partial charge >= 0.3 is 0 Å². The number of hydrogen-bond donors (Lipinski definition) is 1. The summed E-state index contributed by atoms with van der Waals surface area (Å²) in [4.78, 5) is 17.4. The van der Waals surface area contributed by atoms with Crippen LogP contribution in [0.3, 0.4) is 0 Å². The van der Waals surface area contributed by atoms with E-state index in [2.05, 4.69) is 41.2 Å². The monoisotopic (exact) mass is 500 g/mol. The Hall–Kier alpha value is -4.24. The van der Waals surface area contributed by atoms with Gasteiger partial charge < -0.3 is 19.4 Å². The van der Waals surface area contributed by atoms with Crippen LogP contribution < -0.4 is 15.0 Å². The predicted molar refractivity (Wildman–Crippen MR) is 141 cm³/mol. The minimum atomic E-state index is -0.454. The summed E-state index contributed by atoms with van der Waals surface area (Å²) in [5, 5.41) is 15.2. The fourth-order valence-electron chi connectivity index (χ4n) is 4.45. The molecule has 182 valence electrons. The van der Waals surface area contributed by atoms with Crippen LogP contribution in [0, 0.1) is 24.0 Å². The van der Waals surface area contributed by atoms with Gasteiger partial charge in [-0.1, -0.05) is 12.1 Å². The van der Waals surface area contributed by atoms with Gasteiger partial charge in [0.1, 0.15) is 23.3 Å². The number of non-ortho nitro benzene ring substituents is 1. The van der Waals surface area contributed by atoms with Gasteiger partial charge in [-0.05, 0) is 79.7 Å². The summed E-state index contributed by atoms with van der Waals surface area (Å²) in [6.07, 6.45) is 1.76. The fourth-order valence-corrected chi connectivity index (χ4v) is 4.80. The smallest absolute Gasteiger partial charge is 0.273 e. The molecule has 0 bridgehead atoms. The lowest BCUT2D eigenvalue weighted by atomic mass is 10.0. The highest BCUT2D eigenvalue weighted by atomic mass is 32.1. The highest BCUT2D eigenvalue weighted by Gasteiger charge is 2.42. The van der Waals surface area contributed by atoms with Gasteiger partial charge in [0.05, 0.1) is 35.4 Å². The van der Waals surface area contributed by atoms with E-state index in [4.69, 9.17) is 21.4 Å². The zero-order valence-corrected chi connectivity index (χ0v) is 20.8. The first-order valence-electron chi connectivity index (χ1n) is 11.4. The first kappa shape index (κ1) is 23.5. The van der Waals surface area contributed by atoms with Crippen LogP contribution >= 0.6 is 12.2 Å². The van der Waals surface area contributed by atoms with Crippen molar-refractivity contribution in [2.45, 2.75) is 25.9 Å². The number of nitro benzene ring substituents is 1. The van der Waals surface area contributed by atoms with Crippen LogP contribution in [-0.4, -0.2) is 22.1 Å². The summed E-state index contributed by atoms with van der Waals surface area (Å²) in [5.41, 5.74) is 4.71. The fraction of sp³-hybridized carbons (Fsp3) is 0.185. The van der Waals surface area contributed by atoms with E-state index >= 15 is 0 Å². The Kier molecular flexibility index (Phi) is 6.15. The number of aromatic nitrogens is 1. The summed E-state index contributed by atoms with van der Waals surface area (Å²) in [7, 11) is 1.48. The largest absolute Gasteiger partial charge is 0.496 e. The molecule has 1 aliphatic heterocycles. The average molecular weight is 501 g/mol. The Morgan fingerprint density at radius 1 is 1.08 bits per heavy atom. The van der Waals surface area contributed by atoms with Crippen LogP contribution in [0.1, 0.15) is 34.7 Å². The maximum absolute atomic E-state index is 11.2. The van der Waals surface area contributed by atoms with Crippen LogP contribution in [0.4, 0.5) is 11.4 Å². The quantitative estimate of drug-likeness (QED) is 0.194. The Morgan fingerprint density at radius 2 is 1.92 bits per heavy atom. The van der Waals surface area contributed by atoms with Crippen molar-refractivity contribution < 1.29 is 14.1 Å². The highest BCUT2D eigenvalue weighted by molar-refractivity contribution is 7.80. The Bertz CT molecular complexity index is 1450. The van der Waals surface area contributed by atoms with Gasteiger partial charge in [0.15, 0.2) is 5.11 Å². The van der Waals surface area contributed by atoms with Gasteiger partial charge in [0.2, 0.25) is 0 Å². The molecule has 5 rings (SSSR count). The summed E-state index contributed by atoms with van der Waals surface area (Å²) >= 11 is 5.79. The maximum atomic E-state index is 11.2. The number of thiocarbonyl (C=S) groups is 1. The third kappa shape index (κ3) is 4.18. The summed E-state index contributed by atoms with van der Waals surface area (Å²) in [6, 6.07) is 19.7. The van der Waals surface area contributed by atoms with Crippen molar-refractivity contribution in [3.8, 4) is 17.1 Å². The number of pyridine rings is 1. The van der Waals surface area contributed by atoms with E-state index in [9.17, 15) is 10.1 Å². The van der Waals surface area contributed by atoms with Crippen LogP contribution in [0.15, 0.2) is 77.3 Å². The van der Waals surface area contributed by atoms with E-state index in [0.29, 0.717) is 27.9 Å². The minimum Gasteiger partial charge on any atom is -0.496 e. The third-order valence-electron chi connectivity index (χ3n) is 6.45. The second-order valence-electron chi connectivity index (χ2n) is 8.61. The molecule has 1 fully saturated rings. The lowest BCUT2D eigenvalue weighted by Gasteiger charge is -2.26. The number of ether oxygens (including phenoxy) is 1. The first-order valence-corrected chi connectivity index (χ1v) is 11.8. The van der Waals surface area contributed by atoms with Crippen LogP contribution in [0.2, 0.25) is 0 Å². The number of furan rings is 1. The molecule has 8 nitrogen and oxygen atoms in total.